The minimum absolute atomic E-state index is 0.0481. The Hall–Kier alpha value is -2.09. The van der Waals surface area contributed by atoms with Crippen LogP contribution in [-0.4, -0.2) is 47.7 Å². The highest BCUT2D eigenvalue weighted by molar-refractivity contribution is 5.82. The van der Waals surface area contributed by atoms with Crippen LogP contribution in [0.4, 0.5) is 13.2 Å². The number of carbonyl (C=O) groups is 2. The smallest absolute Gasteiger partial charge is 0.397 e. The van der Waals surface area contributed by atoms with Crippen molar-refractivity contribution in [1.29, 1.82) is 0 Å². The highest BCUT2D eigenvalue weighted by Crippen LogP contribution is 2.34. The van der Waals surface area contributed by atoms with E-state index < -0.39 is 17.6 Å². The Balaban J connectivity index is 0.000000970. The molecule has 0 spiro atoms. The van der Waals surface area contributed by atoms with Crippen LogP contribution >= 0.6 is 0 Å². The van der Waals surface area contributed by atoms with E-state index in [-0.39, 0.29) is 38.4 Å². The van der Waals surface area contributed by atoms with E-state index in [0.29, 0.717) is 0 Å². The highest BCUT2D eigenvalue weighted by Gasteiger charge is 2.46. The van der Waals surface area contributed by atoms with E-state index in [4.69, 9.17) is 5.11 Å². The number of aliphatic hydroxyl groups excluding tert-OH is 1. The van der Waals surface area contributed by atoms with E-state index in [1.807, 2.05) is 30.3 Å². The summed E-state index contributed by atoms with van der Waals surface area (Å²) in [4.78, 5) is 23.6. The van der Waals surface area contributed by atoms with Gasteiger partial charge in [-0.25, -0.2) is 0 Å². The summed E-state index contributed by atoms with van der Waals surface area (Å²) in [5.74, 6) is -2.07. The molecule has 0 aromatic heterocycles. The van der Waals surface area contributed by atoms with Gasteiger partial charge >= 0.3 is 12.1 Å². The molecule has 1 saturated heterocycles. The Morgan fingerprint density at radius 2 is 1.68 bits per heavy atom. The lowest BCUT2D eigenvalue weighted by atomic mass is 9.80. The summed E-state index contributed by atoms with van der Waals surface area (Å²) in [6, 6.07) is 9.11. The number of alkyl halides is 3. The van der Waals surface area contributed by atoms with Crippen molar-refractivity contribution in [2.45, 2.75) is 38.4 Å². The number of aliphatic hydroxyl groups is 1. The average molecular weight is 360 g/mol. The third-order valence-corrected chi connectivity index (χ3v) is 3.89. The van der Waals surface area contributed by atoms with Crippen LogP contribution in [-0.2, 0) is 15.1 Å². The molecule has 1 aliphatic rings. The Kier molecular flexibility index (Phi) is 7.41. The van der Waals surface area contributed by atoms with Crippen LogP contribution in [0.5, 0.6) is 0 Å². The first-order valence-corrected chi connectivity index (χ1v) is 7.97. The zero-order valence-corrected chi connectivity index (χ0v) is 14.3. The van der Waals surface area contributed by atoms with Gasteiger partial charge in [-0.3, -0.25) is 9.59 Å². The summed E-state index contributed by atoms with van der Waals surface area (Å²) in [6.07, 6.45) is -4.36. The summed E-state index contributed by atoms with van der Waals surface area (Å²) in [7, 11) is 0. The van der Waals surface area contributed by atoms with Crippen molar-refractivity contribution in [3.8, 4) is 0 Å². The van der Waals surface area contributed by atoms with Gasteiger partial charge < -0.3 is 15.3 Å². The molecule has 5 nitrogen and oxygen atoms in total. The summed E-state index contributed by atoms with van der Waals surface area (Å²) < 4.78 is 37.5. The Morgan fingerprint density at radius 3 is 2.08 bits per heavy atom. The molecule has 0 unspecified atom stereocenters. The lowest BCUT2D eigenvalue weighted by Gasteiger charge is -2.42. The van der Waals surface area contributed by atoms with Gasteiger partial charge in [-0.1, -0.05) is 30.3 Å². The molecule has 25 heavy (non-hydrogen) atoms. The van der Waals surface area contributed by atoms with Crippen LogP contribution in [0.3, 0.4) is 0 Å². The minimum atomic E-state index is -4.86. The van der Waals surface area contributed by atoms with Gasteiger partial charge in [0.15, 0.2) is 0 Å². The van der Waals surface area contributed by atoms with E-state index in [1.165, 1.54) is 6.92 Å². The molecular weight excluding hydrogens is 337 g/mol. The molecule has 1 aromatic carbocycles. The number of hydrogen-bond acceptors (Lipinski definition) is 3. The molecule has 0 bridgehead atoms. The fraction of sp³-hybridized carbons (Fsp3) is 0.529. The van der Waals surface area contributed by atoms with Crippen LogP contribution in [0.25, 0.3) is 0 Å². The number of nitrogens with one attached hydrogen (secondary N) is 1. The molecule has 140 valence electrons. The molecule has 1 fully saturated rings. The first-order valence-electron chi connectivity index (χ1n) is 7.97. The normalized spacial score (nSPS) is 16.5. The van der Waals surface area contributed by atoms with Crippen molar-refractivity contribution in [3.63, 3.8) is 0 Å². The van der Waals surface area contributed by atoms with Gasteiger partial charge in [-0.2, -0.15) is 13.2 Å². The van der Waals surface area contributed by atoms with Crippen molar-refractivity contribution in [2.75, 3.05) is 19.7 Å². The Labute approximate surface area is 144 Å². The van der Waals surface area contributed by atoms with Gasteiger partial charge in [-0.05, 0) is 25.3 Å². The topological polar surface area (TPSA) is 69.6 Å². The van der Waals surface area contributed by atoms with Gasteiger partial charge in [0.2, 0.25) is 5.91 Å². The number of hydrogen-bond donors (Lipinski definition) is 2. The summed E-state index contributed by atoms with van der Waals surface area (Å²) in [5.41, 5.74) is 0.111. The molecule has 2 amide bonds. The van der Waals surface area contributed by atoms with E-state index in [2.05, 4.69) is 5.32 Å². The first kappa shape index (κ1) is 21.0. The maximum atomic E-state index is 12.5. The molecule has 0 radical (unpaired) electrons. The van der Waals surface area contributed by atoms with Crippen LogP contribution in [0.1, 0.15) is 32.3 Å². The molecule has 2 N–H and O–H groups in total. The van der Waals surface area contributed by atoms with Crippen LogP contribution < -0.4 is 5.32 Å². The second kappa shape index (κ2) is 8.84. The lowest BCUT2D eigenvalue weighted by molar-refractivity contribution is -0.187. The molecule has 8 heteroatoms. The number of benzene rings is 1. The van der Waals surface area contributed by atoms with Gasteiger partial charge in [0.1, 0.15) is 0 Å². The fourth-order valence-corrected chi connectivity index (χ4v) is 2.85. The molecule has 2 rings (SSSR count). The molecule has 1 aliphatic heterocycles. The van der Waals surface area contributed by atoms with Gasteiger partial charge in [-0.15, -0.1) is 0 Å². The SMILES string of the molecule is CC(=O)NC1(c2ccccc2)CCN(C(=O)C(F)(F)F)CC1.CCO. The standard InChI is InChI=1S/C15H17F3N2O2.C2H6O/c1-11(21)19-14(12-5-3-2-4-6-12)7-9-20(10-8-14)13(22)15(16,17)18;1-2-3/h2-6H,7-10H2,1H3,(H,19,21);3H,2H2,1H3. The van der Waals surface area contributed by atoms with Crippen molar-refractivity contribution in [3.05, 3.63) is 35.9 Å². The molecule has 1 heterocycles. The number of likely N-dealkylation sites (tertiary alicyclic amines) is 1. The first-order chi connectivity index (χ1) is 11.7. The summed E-state index contributed by atoms with van der Waals surface area (Å²) in [5, 5.41) is 10.4. The largest absolute Gasteiger partial charge is 0.471 e. The quantitative estimate of drug-likeness (QED) is 0.850. The monoisotopic (exact) mass is 360 g/mol. The van der Waals surface area contributed by atoms with E-state index in [1.54, 1.807) is 6.92 Å². The van der Waals surface area contributed by atoms with Crippen molar-refractivity contribution < 1.29 is 27.9 Å². The summed E-state index contributed by atoms with van der Waals surface area (Å²) in [6.45, 7) is 3.21. The number of carbonyl (C=O) groups excluding carboxylic acids is 2. The number of rotatable bonds is 2. The minimum Gasteiger partial charge on any atom is -0.397 e. The van der Waals surface area contributed by atoms with E-state index in [0.717, 1.165) is 10.5 Å². The van der Waals surface area contributed by atoms with Crippen molar-refractivity contribution in [1.82, 2.24) is 10.2 Å². The van der Waals surface area contributed by atoms with Gasteiger partial charge in [0, 0.05) is 26.6 Å². The number of halogens is 3. The third-order valence-electron chi connectivity index (χ3n) is 3.89. The zero-order chi connectivity index (χ0) is 19.1. The second-order valence-corrected chi connectivity index (χ2v) is 5.74. The predicted octanol–water partition coefficient (Wildman–Crippen LogP) is 2.20. The molecule has 0 aliphatic carbocycles. The number of nitrogens with zero attached hydrogens (tertiary/aromatic N) is 1. The maximum absolute atomic E-state index is 12.5. The lowest BCUT2D eigenvalue weighted by Crippen LogP contribution is -2.55. The molecular formula is C17H23F3N2O3. The zero-order valence-electron chi connectivity index (χ0n) is 14.3. The van der Waals surface area contributed by atoms with Crippen molar-refractivity contribution >= 4 is 11.8 Å². The summed E-state index contributed by atoms with van der Waals surface area (Å²) >= 11 is 0. The Morgan fingerprint density at radius 1 is 1.20 bits per heavy atom. The predicted molar refractivity (Wildman–Crippen MR) is 86.6 cm³/mol. The fourth-order valence-electron chi connectivity index (χ4n) is 2.85. The van der Waals surface area contributed by atoms with Crippen LogP contribution in [0, 0.1) is 0 Å². The van der Waals surface area contributed by atoms with E-state index in [9.17, 15) is 22.8 Å². The number of amides is 2. The highest BCUT2D eigenvalue weighted by atomic mass is 19.4. The molecule has 0 saturated carbocycles. The van der Waals surface area contributed by atoms with Crippen molar-refractivity contribution in [2.24, 2.45) is 0 Å². The average Bonchev–Trinajstić information content (AvgIpc) is 2.55. The number of piperidine rings is 1. The molecule has 0 atom stereocenters. The molecule has 1 aromatic rings. The Bertz CT molecular complexity index is 568. The van der Waals surface area contributed by atoms with Gasteiger partial charge in [0.05, 0.1) is 5.54 Å². The van der Waals surface area contributed by atoms with Crippen LogP contribution in [0.15, 0.2) is 30.3 Å². The van der Waals surface area contributed by atoms with Crippen LogP contribution in [0.2, 0.25) is 0 Å². The second-order valence-electron chi connectivity index (χ2n) is 5.74. The van der Waals surface area contributed by atoms with Gasteiger partial charge in [0.25, 0.3) is 0 Å². The van der Waals surface area contributed by atoms with E-state index >= 15 is 0 Å². The third kappa shape index (κ3) is 5.74. The maximum Gasteiger partial charge on any atom is 0.471 e.